The molecule has 0 amide bonds. The second-order valence-electron chi connectivity index (χ2n) is 5.29. The van der Waals surface area contributed by atoms with Crippen molar-refractivity contribution >= 4 is 24.4 Å². The molecular weight excluding hydrogens is 386 g/mol. The van der Waals surface area contributed by atoms with Crippen LogP contribution in [0.3, 0.4) is 0 Å². The first kappa shape index (κ1) is 30.6. The van der Waals surface area contributed by atoms with Gasteiger partial charge in [0.1, 0.15) is 0 Å². The normalized spacial score (nSPS) is 9.00. The fourth-order valence-corrected chi connectivity index (χ4v) is 1.59. The number of rotatable bonds is 12. The quantitative estimate of drug-likeness (QED) is 0.356. The third-order valence-corrected chi connectivity index (χ3v) is 2.99. The van der Waals surface area contributed by atoms with Gasteiger partial charge in [0.05, 0.1) is 0 Å². The van der Waals surface area contributed by atoms with Gasteiger partial charge in [0.25, 0.3) is 0 Å². The van der Waals surface area contributed by atoms with Crippen LogP contribution in [0.15, 0.2) is 0 Å². The van der Waals surface area contributed by atoms with Crippen molar-refractivity contribution in [3.8, 4) is 0 Å². The summed E-state index contributed by atoms with van der Waals surface area (Å²) in [7, 11) is 0. The third kappa shape index (κ3) is 49.8. The molecule has 2 radical (unpaired) electrons. The summed E-state index contributed by atoms with van der Waals surface area (Å²) in [6, 6.07) is 0. The summed E-state index contributed by atoms with van der Waals surface area (Å²) in [6.45, 7) is 6.76. The second kappa shape index (κ2) is 37.7. The maximum absolute atomic E-state index is 9.80. The molecule has 0 N–H and O–H groups in total. The largest absolute Gasteiger partial charge is 3.00 e. The monoisotopic (exact) mass is 424 g/mol. The van der Waals surface area contributed by atoms with Crippen LogP contribution in [-0.2, 0) is 0 Å². The minimum atomic E-state index is 0. The van der Waals surface area contributed by atoms with Crippen LogP contribution in [0, 0.1) is 0 Å². The average molecular weight is 425 g/mol. The summed E-state index contributed by atoms with van der Waals surface area (Å²) < 4.78 is 0. The van der Waals surface area contributed by atoms with Crippen molar-refractivity contribution in [3.05, 3.63) is 0 Å². The molecule has 134 valence electrons. The molecule has 0 aliphatic heterocycles. The van der Waals surface area contributed by atoms with Gasteiger partial charge in [-0.3, -0.25) is 0 Å². The van der Waals surface area contributed by atoms with E-state index in [1.807, 2.05) is 0 Å². The van der Waals surface area contributed by atoms with E-state index in [1.54, 1.807) is 0 Å². The van der Waals surface area contributed by atoms with Crippen LogP contribution in [0.4, 0.5) is 0 Å². The van der Waals surface area contributed by atoms with E-state index >= 15 is 0 Å². The SMILES string of the molecule is CCCCCC[O-].CCCCCC[O-].CCCCCC[O-].[Sb+3]. The van der Waals surface area contributed by atoms with Crippen molar-refractivity contribution < 1.29 is 15.3 Å². The van der Waals surface area contributed by atoms with Crippen molar-refractivity contribution in [2.24, 2.45) is 0 Å². The van der Waals surface area contributed by atoms with Gasteiger partial charge in [0.2, 0.25) is 0 Å². The summed E-state index contributed by atoms with van der Waals surface area (Å²) in [5, 5.41) is 29.4. The first-order valence-electron chi connectivity index (χ1n) is 8.99. The predicted octanol–water partition coefficient (Wildman–Crippen LogP) is 2.40. The Morgan fingerprint density at radius 2 is 0.636 bits per heavy atom. The second-order valence-corrected chi connectivity index (χ2v) is 5.29. The van der Waals surface area contributed by atoms with Crippen LogP contribution in [-0.4, -0.2) is 44.2 Å². The fourth-order valence-electron chi connectivity index (χ4n) is 1.59. The molecule has 4 heteroatoms. The van der Waals surface area contributed by atoms with Crippen LogP contribution in [0.1, 0.15) is 97.8 Å². The Balaban J connectivity index is -0.000000108. The summed E-state index contributed by atoms with van der Waals surface area (Å²) in [6.07, 6.45) is 13.3. The van der Waals surface area contributed by atoms with Gasteiger partial charge in [-0.1, -0.05) is 97.8 Å². The van der Waals surface area contributed by atoms with E-state index in [0.29, 0.717) is 0 Å². The molecule has 0 saturated heterocycles. The molecule has 0 aliphatic rings. The fraction of sp³-hybridized carbons (Fsp3) is 1.00. The molecule has 0 rings (SSSR count). The van der Waals surface area contributed by atoms with Crippen molar-refractivity contribution in [2.45, 2.75) is 97.8 Å². The van der Waals surface area contributed by atoms with Crippen LogP contribution in [0.25, 0.3) is 0 Å². The Morgan fingerprint density at radius 3 is 0.773 bits per heavy atom. The molecule has 0 spiro atoms. The smallest absolute Gasteiger partial charge is 0.854 e. The van der Waals surface area contributed by atoms with E-state index in [0.717, 1.165) is 38.5 Å². The van der Waals surface area contributed by atoms with Gasteiger partial charge >= 0.3 is 24.4 Å². The van der Waals surface area contributed by atoms with Crippen molar-refractivity contribution in [2.75, 3.05) is 19.8 Å². The maximum atomic E-state index is 9.80. The predicted molar refractivity (Wildman–Crippen MR) is 92.8 cm³/mol. The first-order valence-corrected chi connectivity index (χ1v) is 8.99. The molecule has 0 atom stereocenters. The van der Waals surface area contributed by atoms with E-state index in [2.05, 4.69) is 20.8 Å². The van der Waals surface area contributed by atoms with Gasteiger partial charge in [0.15, 0.2) is 0 Å². The Labute approximate surface area is 157 Å². The molecule has 0 fully saturated rings. The van der Waals surface area contributed by atoms with Gasteiger partial charge < -0.3 is 15.3 Å². The molecule has 0 aromatic carbocycles. The van der Waals surface area contributed by atoms with E-state index in [4.69, 9.17) is 0 Å². The van der Waals surface area contributed by atoms with E-state index < -0.39 is 0 Å². The van der Waals surface area contributed by atoms with Gasteiger partial charge in [-0.2, -0.15) is 0 Å². The first-order chi connectivity index (χ1) is 10.2. The van der Waals surface area contributed by atoms with Gasteiger partial charge in [-0.05, 0) is 0 Å². The summed E-state index contributed by atoms with van der Waals surface area (Å²) >= 11 is 0. The molecule has 0 bridgehead atoms. The summed E-state index contributed by atoms with van der Waals surface area (Å²) in [4.78, 5) is 0. The van der Waals surface area contributed by atoms with E-state index in [1.165, 1.54) is 38.5 Å². The summed E-state index contributed by atoms with van der Waals surface area (Å²) in [5.41, 5.74) is 0. The van der Waals surface area contributed by atoms with Gasteiger partial charge in [0, 0.05) is 0 Å². The minimum Gasteiger partial charge on any atom is -0.854 e. The van der Waals surface area contributed by atoms with Crippen LogP contribution in [0.2, 0.25) is 0 Å². The molecule has 22 heavy (non-hydrogen) atoms. The number of unbranched alkanes of at least 4 members (excludes halogenated alkanes) is 9. The molecular formula is C18H39O3Sb. The zero-order chi connectivity index (χ0) is 16.6. The molecule has 0 heterocycles. The van der Waals surface area contributed by atoms with Crippen LogP contribution in [0.5, 0.6) is 0 Å². The molecule has 0 unspecified atom stereocenters. The van der Waals surface area contributed by atoms with E-state index in [-0.39, 0.29) is 44.2 Å². The molecule has 0 aromatic heterocycles. The Bertz CT molecular complexity index is 99.7. The Kier molecular flexibility index (Phi) is 52.4. The van der Waals surface area contributed by atoms with Crippen molar-refractivity contribution in [1.82, 2.24) is 0 Å². The molecule has 0 aliphatic carbocycles. The Morgan fingerprint density at radius 1 is 0.409 bits per heavy atom. The zero-order valence-corrected chi connectivity index (χ0v) is 17.8. The van der Waals surface area contributed by atoms with Gasteiger partial charge in [-0.15, -0.1) is 19.8 Å². The van der Waals surface area contributed by atoms with Crippen LogP contribution < -0.4 is 15.3 Å². The standard InChI is InChI=1S/3C6H13O.Sb/c3*1-2-3-4-5-6-7;/h3*2-6H2,1H3;/q3*-1;+3. The topological polar surface area (TPSA) is 69.2 Å². The van der Waals surface area contributed by atoms with Gasteiger partial charge in [-0.25, -0.2) is 0 Å². The van der Waals surface area contributed by atoms with Crippen molar-refractivity contribution in [3.63, 3.8) is 0 Å². The van der Waals surface area contributed by atoms with Crippen molar-refractivity contribution in [1.29, 1.82) is 0 Å². The van der Waals surface area contributed by atoms with Crippen LogP contribution >= 0.6 is 0 Å². The molecule has 0 aromatic rings. The Hall–Kier alpha value is 0.698. The average Bonchev–Trinajstić information content (AvgIpc) is 2.50. The molecule has 3 nitrogen and oxygen atoms in total. The molecule has 0 saturated carbocycles. The number of hydrogen-bond acceptors (Lipinski definition) is 3. The number of hydrogen-bond donors (Lipinski definition) is 0. The summed E-state index contributed by atoms with van der Waals surface area (Å²) in [5.74, 6) is 0. The van der Waals surface area contributed by atoms with E-state index in [9.17, 15) is 15.3 Å². The third-order valence-electron chi connectivity index (χ3n) is 2.99. The maximum Gasteiger partial charge on any atom is 3.00 e. The minimum absolute atomic E-state index is 0. The zero-order valence-electron chi connectivity index (χ0n) is 15.3.